The van der Waals surface area contributed by atoms with E-state index in [4.69, 9.17) is 10.2 Å². The van der Waals surface area contributed by atoms with Gasteiger partial charge in [0.15, 0.2) is 23.3 Å². The molecule has 4 aromatic heterocycles. The topological polar surface area (TPSA) is 144 Å². The summed E-state index contributed by atoms with van der Waals surface area (Å²) < 4.78 is 6.58. The second-order valence-corrected chi connectivity index (χ2v) is 14.2. The zero-order valence-electron chi connectivity index (χ0n) is 27.7. The zero-order valence-corrected chi connectivity index (χ0v) is 30.0. The van der Waals surface area contributed by atoms with Crippen LogP contribution in [0.15, 0.2) is 12.1 Å². The van der Waals surface area contributed by atoms with E-state index >= 15 is 0 Å². The first-order chi connectivity index (χ1) is 19.1. The standard InChI is InChI=1S/C28H46N12O2.Pt/c1-25(2,3)21-29-23(41)37(33-21)17-15-19(35(11)12)39(31-17)27(7,8)28(9,10)40-20(36(13)14)16-18(32-40)38-24(42)30-22(34-38)26(4,5)6;/h15-16H,1-14H3,(H,29,33,41)(H,30,34,42);. The van der Waals surface area contributed by atoms with Gasteiger partial charge in [-0.05, 0) is 27.7 Å². The molecule has 0 amide bonds. The number of hydrogen-bond acceptors (Lipinski definition) is 10. The van der Waals surface area contributed by atoms with Gasteiger partial charge in [0.2, 0.25) is 0 Å². The van der Waals surface area contributed by atoms with Crippen LogP contribution in [0.1, 0.15) is 80.9 Å². The van der Waals surface area contributed by atoms with Crippen molar-refractivity contribution >= 4 is 11.6 Å². The van der Waals surface area contributed by atoms with Crippen LogP contribution in [0.2, 0.25) is 0 Å². The summed E-state index contributed by atoms with van der Waals surface area (Å²) in [5.74, 6) is 3.53. The third-order valence-corrected chi connectivity index (χ3v) is 7.78. The van der Waals surface area contributed by atoms with Crippen molar-refractivity contribution in [2.75, 3.05) is 38.0 Å². The second kappa shape index (κ2) is 10.9. The Morgan fingerprint density at radius 3 is 1.09 bits per heavy atom. The molecular formula is C28H46N12O2Pt. The fourth-order valence-corrected chi connectivity index (χ4v) is 4.45. The summed E-state index contributed by atoms with van der Waals surface area (Å²) in [6.45, 7) is 20.3. The summed E-state index contributed by atoms with van der Waals surface area (Å²) in [5.41, 5.74) is -2.07. The molecular weight excluding hydrogens is 731 g/mol. The molecule has 0 radical (unpaired) electrons. The molecule has 0 fully saturated rings. The van der Waals surface area contributed by atoms with Gasteiger partial charge in [-0.1, -0.05) is 41.5 Å². The van der Waals surface area contributed by atoms with Crippen molar-refractivity contribution in [1.82, 2.24) is 49.1 Å². The normalized spacial score (nSPS) is 12.9. The predicted octanol–water partition coefficient (Wildman–Crippen LogP) is 3.55. The molecule has 0 aliphatic rings. The summed E-state index contributed by atoms with van der Waals surface area (Å²) in [4.78, 5) is 12.5. The molecule has 43 heavy (non-hydrogen) atoms. The van der Waals surface area contributed by atoms with Crippen LogP contribution in [-0.2, 0) is 43.0 Å². The number of aromatic nitrogens is 10. The average Bonchev–Trinajstić information content (AvgIpc) is 3.61. The largest absolute Gasteiger partial charge is 0.479 e. The predicted molar refractivity (Wildman–Crippen MR) is 162 cm³/mol. The maximum absolute atomic E-state index is 10.7. The summed E-state index contributed by atoms with van der Waals surface area (Å²) in [7, 11) is 7.78. The van der Waals surface area contributed by atoms with E-state index in [2.05, 4.69) is 47.9 Å². The molecule has 0 aliphatic heterocycles. The second-order valence-electron chi connectivity index (χ2n) is 14.2. The average molecular weight is 778 g/mol. The number of rotatable bonds is 7. The minimum Gasteiger partial charge on any atom is -0.479 e. The Labute approximate surface area is 268 Å². The Morgan fingerprint density at radius 2 is 0.860 bits per heavy atom. The van der Waals surface area contributed by atoms with E-state index in [1.807, 2.05) is 101 Å². The van der Waals surface area contributed by atoms with E-state index in [0.29, 0.717) is 23.3 Å². The monoisotopic (exact) mass is 777 g/mol. The van der Waals surface area contributed by atoms with Crippen LogP contribution in [0.4, 0.5) is 11.6 Å². The Bertz CT molecular complexity index is 1470. The van der Waals surface area contributed by atoms with Gasteiger partial charge in [-0.3, -0.25) is 0 Å². The van der Waals surface area contributed by atoms with E-state index in [-0.39, 0.29) is 43.9 Å². The van der Waals surface area contributed by atoms with Gasteiger partial charge in [0.1, 0.15) is 11.6 Å². The SMILES string of the molecule is CN(C)c1cc(-n2nc(C(C)(C)C)nc2O)nn1C(C)(C)C(C)(C)n1nc(-n2nc(C(C)(C)C)nc2O)cc1N(C)C.[Pt]. The van der Waals surface area contributed by atoms with Gasteiger partial charge in [-0.25, -0.2) is 9.36 Å². The van der Waals surface area contributed by atoms with E-state index in [1.165, 1.54) is 9.36 Å². The van der Waals surface area contributed by atoms with Crippen LogP contribution in [0.5, 0.6) is 12.0 Å². The van der Waals surface area contributed by atoms with Crippen molar-refractivity contribution in [1.29, 1.82) is 0 Å². The molecule has 2 N–H and O–H groups in total. The van der Waals surface area contributed by atoms with Gasteiger partial charge in [0, 0.05) is 72.2 Å². The molecule has 14 nitrogen and oxygen atoms in total. The molecule has 0 atom stereocenters. The van der Waals surface area contributed by atoms with E-state index in [1.54, 1.807) is 0 Å². The fraction of sp³-hybridized carbons (Fsp3) is 0.643. The molecule has 0 unspecified atom stereocenters. The van der Waals surface area contributed by atoms with Gasteiger partial charge in [0.05, 0.1) is 11.1 Å². The quantitative estimate of drug-likeness (QED) is 0.286. The van der Waals surface area contributed by atoms with Gasteiger partial charge in [0.25, 0.3) is 0 Å². The molecule has 15 heteroatoms. The number of aromatic hydroxyl groups is 2. The summed E-state index contributed by atoms with van der Waals surface area (Å²) in [6.07, 6.45) is 0. The van der Waals surface area contributed by atoms with Crippen molar-refractivity contribution in [3.63, 3.8) is 0 Å². The van der Waals surface area contributed by atoms with Gasteiger partial charge in [-0.2, -0.15) is 29.5 Å². The number of hydrogen-bond donors (Lipinski definition) is 2. The third kappa shape index (κ3) is 5.90. The smallest absolute Gasteiger partial charge is 0.318 e. The molecule has 240 valence electrons. The van der Waals surface area contributed by atoms with Crippen LogP contribution < -0.4 is 9.80 Å². The van der Waals surface area contributed by atoms with Gasteiger partial charge >= 0.3 is 12.0 Å². The Balaban J connectivity index is 0.00000506. The first-order valence-electron chi connectivity index (χ1n) is 14.0. The summed E-state index contributed by atoms with van der Waals surface area (Å²) in [6, 6.07) is 3.31. The first kappa shape index (κ1) is 34.1. The summed E-state index contributed by atoms with van der Waals surface area (Å²) in [5, 5.41) is 40.4. The van der Waals surface area contributed by atoms with E-state index in [0.717, 1.165) is 11.6 Å². The molecule has 0 spiro atoms. The first-order valence-corrected chi connectivity index (χ1v) is 14.0. The van der Waals surface area contributed by atoms with Crippen LogP contribution in [0.3, 0.4) is 0 Å². The van der Waals surface area contributed by atoms with Crippen molar-refractivity contribution in [3.8, 4) is 23.7 Å². The molecule has 4 aromatic rings. The molecule has 4 rings (SSSR count). The Hall–Kier alpha value is -3.41. The Kier molecular flexibility index (Phi) is 8.67. The third-order valence-electron chi connectivity index (χ3n) is 7.78. The van der Waals surface area contributed by atoms with Gasteiger partial charge < -0.3 is 20.0 Å². The minimum absolute atomic E-state index is 0. The van der Waals surface area contributed by atoms with E-state index < -0.39 is 11.1 Å². The van der Waals surface area contributed by atoms with Crippen molar-refractivity contribution in [3.05, 3.63) is 23.8 Å². The number of anilines is 2. The fourth-order valence-electron chi connectivity index (χ4n) is 4.45. The van der Waals surface area contributed by atoms with E-state index in [9.17, 15) is 10.2 Å². The van der Waals surface area contributed by atoms with Crippen LogP contribution >= 0.6 is 0 Å². The Morgan fingerprint density at radius 1 is 0.558 bits per heavy atom. The molecule has 4 heterocycles. The molecule has 0 saturated carbocycles. The zero-order chi connectivity index (χ0) is 31.7. The van der Waals surface area contributed by atoms with Gasteiger partial charge in [-0.15, -0.1) is 10.2 Å². The molecule has 0 saturated heterocycles. The minimum atomic E-state index is -0.692. The maximum Gasteiger partial charge on any atom is 0.318 e. The van der Waals surface area contributed by atoms with Crippen molar-refractivity contribution in [2.45, 2.75) is 91.1 Å². The molecule has 0 bridgehead atoms. The molecule has 0 aromatic carbocycles. The summed E-state index contributed by atoms with van der Waals surface area (Å²) >= 11 is 0. The maximum atomic E-state index is 10.7. The van der Waals surface area contributed by atoms with Crippen molar-refractivity contribution in [2.24, 2.45) is 0 Å². The van der Waals surface area contributed by atoms with Crippen LogP contribution in [-0.4, -0.2) is 87.5 Å². The molecule has 0 aliphatic carbocycles. The van der Waals surface area contributed by atoms with Crippen molar-refractivity contribution < 1.29 is 31.3 Å². The number of nitrogens with zero attached hydrogens (tertiary/aromatic N) is 12. The van der Waals surface area contributed by atoms with Crippen LogP contribution in [0, 0.1) is 0 Å². The van der Waals surface area contributed by atoms with Crippen LogP contribution in [0.25, 0.3) is 11.6 Å².